The van der Waals surface area contributed by atoms with Crippen molar-refractivity contribution in [2.24, 2.45) is 0 Å². The smallest absolute Gasteiger partial charge is 0.140 e. The van der Waals surface area contributed by atoms with Crippen molar-refractivity contribution >= 4 is 0 Å². The maximum absolute atomic E-state index is 5.28. The van der Waals surface area contributed by atoms with Crippen molar-refractivity contribution < 1.29 is 4.52 Å². The highest BCUT2D eigenvalue weighted by Crippen LogP contribution is 2.23. The maximum atomic E-state index is 5.28. The second kappa shape index (κ2) is 4.30. The minimum atomic E-state index is 0.585. The molecule has 0 fully saturated rings. The lowest BCUT2D eigenvalue weighted by molar-refractivity contribution is 0.367. The second-order valence-corrected chi connectivity index (χ2v) is 3.55. The third-order valence-corrected chi connectivity index (χ3v) is 2.55. The van der Waals surface area contributed by atoms with Crippen molar-refractivity contribution in [1.29, 1.82) is 0 Å². The van der Waals surface area contributed by atoms with E-state index in [1.807, 2.05) is 0 Å². The average Bonchev–Trinajstić information content (AvgIpc) is 2.63. The summed E-state index contributed by atoms with van der Waals surface area (Å²) in [6, 6.07) is 0. The van der Waals surface area contributed by atoms with Crippen molar-refractivity contribution in [3.63, 3.8) is 0 Å². The summed E-state index contributed by atoms with van der Waals surface area (Å²) in [6.45, 7) is 1.31. The Balaban J connectivity index is 2.04. The van der Waals surface area contributed by atoms with E-state index in [4.69, 9.17) is 10.9 Å². The van der Waals surface area contributed by atoms with Gasteiger partial charge in [0.05, 0.1) is 6.54 Å². The average molecular weight is 190 g/mol. The van der Waals surface area contributed by atoms with Crippen LogP contribution in [0, 0.1) is 12.3 Å². The molecule has 0 bridgehead atoms. The highest BCUT2D eigenvalue weighted by atomic mass is 16.5. The second-order valence-electron chi connectivity index (χ2n) is 3.55. The number of terminal acetylenes is 1. The van der Waals surface area contributed by atoms with Gasteiger partial charge in [-0.05, 0) is 19.3 Å². The lowest BCUT2D eigenvalue weighted by Gasteiger charge is -2.08. The zero-order valence-electron chi connectivity index (χ0n) is 8.18. The fourth-order valence-corrected chi connectivity index (χ4v) is 1.84. The number of aromatic nitrogens is 1. The van der Waals surface area contributed by atoms with Gasteiger partial charge in [-0.25, -0.2) is 0 Å². The molecule has 0 aliphatic heterocycles. The van der Waals surface area contributed by atoms with Crippen LogP contribution in [0.25, 0.3) is 0 Å². The lowest BCUT2D eigenvalue weighted by atomic mass is 9.96. The van der Waals surface area contributed by atoms with E-state index in [1.54, 1.807) is 0 Å². The van der Waals surface area contributed by atoms with Gasteiger partial charge in [-0.3, -0.25) is 0 Å². The highest BCUT2D eigenvalue weighted by molar-refractivity contribution is 5.25. The Kier molecular flexibility index (Phi) is 2.85. The van der Waals surface area contributed by atoms with Gasteiger partial charge in [-0.1, -0.05) is 11.1 Å². The van der Waals surface area contributed by atoms with Gasteiger partial charge >= 0.3 is 0 Å². The van der Waals surface area contributed by atoms with Gasteiger partial charge in [-0.15, -0.1) is 6.42 Å². The number of hydrogen-bond acceptors (Lipinski definition) is 3. The molecule has 1 heterocycles. The van der Waals surface area contributed by atoms with Crippen molar-refractivity contribution in [3.05, 3.63) is 17.0 Å². The predicted molar refractivity (Wildman–Crippen MR) is 53.7 cm³/mol. The first kappa shape index (κ1) is 9.29. The fourth-order valence-electron chi connectivity index (χ4n) is 1.84. The highest BCUT2D eigenvalue weighted by Gasteiger charge is 2.18. The van der Waals surface area contributed by atoms with Gasteiger partial charge in [0.25, 0.3) is 0 Å². The van der Waals surface area contributed by atoms with E-state index < -0.39 is 0 Å². The number of nitrogens with one attached hydrogen (secondary N) is 1. The normalized spacial score (nSPS) is 14.8. The molecule has 1 aromatic rings. The number of rotatable bonds is 3. The number of aryl methyl sites for hydroxylation is 1. The van der Waals surface area contributed by atoms with Gasteiger partial charge < -0.3 is 9.84 Å². The third kappa shape index (κ3) is 1.80. The standard InChI is InChI=1S/C11H14N2O/c1-2-7-12-8-10-9-5-3-4-6-11(9)14-13-10/h1,12H,3-8H2. The van der Waals surface area contributed by atoms with Crippen LogP contribution in [-0.4, -0.2) is 11.7 Å². The van der Waals surface area contributed by atoms with E-state index in [2.05, 4.69) is 16.4 Å². The molecule has 0 unspecified atom stereocenters. The van der Waals surface area contributed by atoms with Gasteiger partial charge in [0.1, 0.15) is 11.5 Å². The van der Waals surface area contributed by atoms with Crippen molar-refractivity contribution in [2.75, 3.05) is 6.54 Å². The quantitative estimate of drug-likeness (QED) is 0.576. The molecule has 0 atom stereocenters. The van der Waals surface area contributed by atoms with Crippen LogP contribution in [0.1, 0.15) is 29.9 Å². The molecule has 1 N–H and O–H groups in total. The summed E-state index contributed by atoms with van der Waals surface area (Å²) in [5.74, 6) is 3.62. The Labute approximate surface area is 83.9 Å². The van der Waals surface area contributed by atoms with Crippen LogP contribution >= 0.6 is 0 Å². The molecule has 0 amide bonds. The summed E-state index contributed by atoms with van der Waals surface area (Å²) >= 11 is 0. The topological polar surface area (TPSA) is 38.1 Å². The van der Waals surface area contributed by atoms with Gasteiger partial charge in [0, 0.05) is 18.5 Å². The summed E-state index contributed by atoms with van der Waals surface area (Å²) in [4.78, 5) is 0. The van der Waals surface area contributed by atoms with Crippen molar-refractivity contribution in [1.82, 2.24) is 10.5 Å². The molecular weight excluding hydrogens is 176 g/mol. The molecule has 0 saturated heterocycles. The molecule has 0 aromatic carbocycles. The van der Waals surface area contributed by atoms with Gasteiger partial charge in [0.15, 0.2) is 0 Å². The Bertz CT molecular complexity index is 349. The molecule has 3 nitrogen and oxygen atoms in total. The molecule has 14 heavy (non-hydrogen) atoms. The monoisotopic (exact) mass is 190 g/mol. The zero-order valence-corrected chi connectivity index (χ0v) is 8.18. The first-order chi connectivity index (χ1) is 6.92. The molecule has 0 radical (unpaired) electrons. The first-order valence-corrected chi connectivity index (χ1v) is 5.02. The Morgan fingerprint density at radius 3 is 3.14 bits per heavy atom. The van der Waals surface area contributed by atoms with E-state index in [0.717, 1.165) is 30.8 Å². The SMILES string of the molecule is C#CCNCc1noc2c1CCCC2. The molecular formula is C11H14N2O. The van der Waals surface area contributed by atoms with E-state index >= 15 is 0 Å². The minimum absolute atomic E-state index is 0.585. The fraction of sp³-hybridized carbons (Fsp3) is 0.545. The van der Waals surface area contributed by atoms with Crippen LogP contribution < -0.4 is 5.32 Å². The predicted octanol–water partition coefficient (Wildman–Crippen LogP) is 1.28. The summed E-state index contributed by atoms with van der Waals surface area (Å²) in [5.41, 5.74) is 2.34. The molecule has 0 saturated carbocycles. The molecule has 2 rings (SSSR count). The Hall–Kier alpha value is -1.27. The molecule has 74 valence electrons. The largest absolute Gasteiger partial charge is 0.361 e. The van der Waals surface area contributed by atoms with Crippen LogP contribution in [0.2, 0.25) is 0 Å². The molecule has 3 heteroatoms. The zero-order chi connectivity index (χ0) is 9.80. The van der Waals surface area contributed by atoms with Crippen molar-refractivity contribution in [3.8, 4) is 12.3 Å². The van der Waals surface area contributed by atoms with E-state index in [-0.39, 0.29) is 0 Å². The summed E-state index contributed by atoms with van der Waals surface area (Å²) < 4.78 is 5.28. The molecule has 1 aliphatic rings. The van der Waals surface area contributed by atoms with E-state index in [1.165, 1.54) is 18.4 Å². The van der Waals surface area contributed by atoms with Gasteiger partial charge in [0.2, 0.25) is 0 Å². The summed E-state index contributed by atoms with van der Waals surface area (Å²) in [6.07, 6.45) is 9.76. The van der Waals surface area contributed by atoms with Crippen LogP contribution in [-0.2, 0) is 19.4 Å². The van der Waals surface area contributed by atoms with Crippen LogP contribution in [0.15, 0.2) is 4.52 Å². The summed E-state index contributed by atoms with van der Waals surface area (Å²) in [5, 5.41) is 7.19. The van der Waals surface area contributed by atoms with Crippen molar-refractivity contribution in [2.45, 2.75) is 32.2 Å². The Morgan fingerprint density at radius 2 is 2.29 bits per heavy atom. The van der Waals surface area contributed by atoms with Crippen LogP contribution in [0.3, 0.4) is 0 Å². The van der Waals surface area contributed by atoms with E-state index in [0.29, 0.717) is 6.54 Å². The number of fused-ring (bicyclic) bond motifs is 1. The lowest BCUT2D eigenvalue weighted by Crippen LogP contribution is -2.15. The molecule has 0 spiro atoms. The van der Waals surface area contributed by atoms with Gasteiger partial charge in [-0.2, -0.15) is 0 Å². The Morgan fingerprint density at radius 1 is 1.43 bits per heavy atom. The molecule has 1 aromatic heterocycles. The van der Waals surface area contributed by atoms with Crippen LogP contribution in [0.4, 0.5) is 0 Å². The molecule has 1 aliphatic carbocycles. The number of hydrogen-bond donors (Lipinski definition) is 1. The summed E-state index contributed by atoms with van der Waals surface area (Å²) in [7, 11) is 0. The maximum Gasteiger partial charge on any atom is 0.140 e. The van der Waals surface area contributed by atoms with Crippen LogP contribution in [0.5, 0.6) is 0 Å². The first-order valence-electron chi connectivity index (χ1n) is 5.02. The minimum Gasteiger partial charge on any atom is -0.361 e. The van der Waals surface area contributed by atoms with E-state index in [9.17, 15) is 0 Å². The number of nitrogens with zero attached hydrogens (tertiary/aromatic N) is 1. The third-order valence-electron chi connectivity index (χ3n) is 2.55.